The molecule has 370 valence electrons. The van der Waals surface area contributed by atoms with E-state index in [1.807, 2.05) is 0 Å². The predicted octanol–water partition coefficient (Wildman–Crippen LogP) is 14.0. The number of ether oxygens (including phenoxy) is 3. The van der Waals surface area contributed by atoms with E-state index in [1.54, 1.807) is 0 Å². The van der Waals surface area contributed by atoms with Crippen molar-refractivity contribution >= 4 is 25.7 Å². The first-order chi connectivity index (χ1) is 31.2. The second kappa shape index (κ2) is 46.7. The van der Waals surface area contributed by atoms with Gasteiger partial charge in [0.2, 0.25) is 0 Å². The SMILES string of the molecule is CC/C=C\C/C=C\C/C=C\CCCCCCCC(=O)OCC(COP(=O)(O)OCC(CO)OC(=O)CCCCCCC/C=C\CCCC)OC(=O)CCCCCCC/C=C\CCCC. The van der Waals surface area contributed by atoms with E-state index in [2.05, 4.69) is 81.5 Å². The van der Waals surface area contributed by atoms with Crippen molar-refractivity contribution in [2.75, 3.05) is 26.4 Å². The van der Waals surface area contributed by atoms with Gasteiger partial charge in [-0.3, -0.25) is 23.4 Å². The minimum atomic E-state index is -4.74. The van der Waals surface area contributed by atoms with E-state index in [9.17, 15) is 28.9 Å². The molecular formula is C52H91O11P. The molecule has 11 nitrogen and oxygen atoms in total. The van der Waals surface area contributed by atoms with Crippen LogP contribution in [0.1, 0.15) is 213 Å². The number of phosphoric ester groups is 1. The van der Waals surface area contributed by atoms with Gasteiger partial charge in [0.25, 0.3) is 0 Å². The maximum Gasteiger partial charge on any atom is 0.472 e. The average Bonchev–Trinajstić information content (AvgIpc) is 3.28. The summed E-state index contributed by atoms with van der Waals surface area (Å²) in [7, 11) is -4.74. The highest BCUT2D eigenvalue weighted by molar-refractivity contribution is 7.47. The maximum absolute atomic E-state index is 12.8. The zero-order valence-corrected chi connectivity index (χ0v) is 41.4. The largest absolute Gasteiger partial charge is 0.472 e. The smallest absolute Gasteiger partial charge is 0.462 e. The summed E-state index contributed by atoms with van der Waals surface area (Å²) in [5.41, 5.74) is 0. The highest BCUT2D eigenvalue weighted by atomic mass is 31.2. The number of hydrogen-bond donors (Lipinski definition) is 2. The highest BCUT2D eigenvalue weighted by Gasteiger charge is 2.28. The van der Waals surface area contributed by atoms with Crippen molar-refractivity contribution in [1.29, 1.82) is 0 Å². The molecule has 64 heavy (non-hydrogen) atoms. The van der Waals surface area contributed by atoms with Gasteiger partial charge in [0, 0.05) is 19.3 Å². The molecule has 0 fully saturated rings. The summed E-state index contributed by atoms with van der Waals surface area (Å²) in [6.07, 6.45) is 47.7. The summed E-state index contributed by atoms with van der Waals surface area (Å²) in [6.45, 7) is 4.39. The number of aliphatic hydroxyl groups is 1. The van der Waals surface area contributed by atoms with Gasteiger partial charge in [-0.05, 0) is 89.9 Å². The molecular weight excluding hydrogens is 832 g/mol. The van der Waals surface area contributed by atoms with Crippen LogP contribution in [0.3, 0.4) is 0 Å². The molecule has 0 saturated heterocycles. The van der Waals surface area contributed by atoms with Gasteiger partial charge in [-0.15, -0.1) is 0 Å². The summed E-state index contributed by atoms with van der Waals surface area (Å²) in [5.74, 6) is -1.51. The standard InChI is InChI=1S/C52H91O11P/c1-4-7-10-13-16-19-22-23-24-25-28-29-32-35-38-41-50(54)59-45-49(63-52(56)43-40-37-34-31-27-21-18-15-12-9-6-3)47-61-64(57,58)60-46-48(44-53)62-51(55)42-39-36-33-30-26-20-17-14-11-8-5-2/h7,10,14-19,23-24,48-49,53H,4-6,8-9,11-13,20-22,25-47H2,1-3H3,(H,57,58)/b10-7-,17-14-,18-15-,19-16-,24-23-. The van der Waals surface area contributed by atoms with Crippen molar-refractivity contribution in [3.63, 3.8) is 0 Å². The van der Waals surface area contributed by atoms with E-state index >= 15 is 0 Å². The van der Waals surface area contributed by atoms with Crippen molar-refractivity contribution in [3.8, 4) is 0 Å². The van der Waals surface area contributed by atoms with Gasteiger partial charge in [-0.25, -0.2) is 4.57 Å². The van der Waals surface area contributed by atoms with Gasteiger partial charge in [0.1, 0.15) is 12.7 Å². The average molecular weight is 923 g/mol. The van der Waals surface area contributed by atoms with Gasteiger partial charge >= 0.3 is 25.7 Å². The first kappa shape index (κ1) is 61.2. The number of aliphatic hydroxyl groups excluding tert-OH is 1. The minimum Gasteiger partial charge on any atom is -0.462 e. The number of phosphoric acid groups is 1. The molecule has 0 aromatic heterocycles. The summed E-state index contributed by atoms with van der Waals surface area (Å²) in [5, 5.41) is 9.74. The van der Waals surface area contributed by atoms with Gasteiger partial charge in [0.05, 0.1) is 19.8 Å². The fourth-order valence-corrected chi connectivity index (χ4v) is 7.29. The number of hydrogen-bond acceptors (Lipinski definition) is 10. The molecule has 0 radical (unpaired) electrons. The van der Waals surface area contributed by atoms with Crippen molar-refractivity contribution in [1.82, 2.24) is 0 Å². The van der Waals surface area contributed by atoms with Crippen molar-refractivity contribution in [2.24, 2.45) is 0 Å². The summed E-state index contributed by atoms with van der Waals surface area (Å²) < 4.78 is 39.2. The van der Waals surface area contributed by atoms with E-state index in [0.717, 1.165) is 128 Å². The van der Waals surface area contributed by atoms with Crippen LogP contribution in [0.5, 0.6) is 0 Å². The van der Waals surface area contributed by atoms with Crippen molar-refractivity contribution < 1.29 is 52.2 Å². The van der Waals surface area contributed by atoms with E-state index in [4.69, 9.17) is 23.3 Å². The Morgan fingerprint density at radius 1 is 0.453 bits per heavy atom. The van der Waals surface area contributed by atoms with E-state index in [0.29, 0.717) is 19.3 Å². The second-order valence-corrected chi connectivity index (χ2v) is 18.0. The topological polar surface area (TPSA) is 155 Å². The van der Waals surface area contributed by atoms with Gasteiger partial charge in [0.15, 0.2) is 6.10 Å². The molecule has 0 rings (SSSR count). The van der Waals surface area contributed by atoms with Gasteiger partial charge < -0.3 is 24.2 Å². The van der Waals surface area contributed by atoms with E-state index in [-0.39, 0.29) is 25.9 Å². The lowest BCUT2D eigenvalue weighted by atomic mass is 10.1. The molecule has 0 bridgehead atoms. The molecule has 0 saturated carbocycles. The third-order valence-electron chi connectivity index (χ3n) is 10.4. The van der Waals surface area contributed by atoms with E-state index < -0.39 is 57.8 Å². The molecule has 0 aromatic carbocycles. The normalized spacial score (nSPS) is 14.0. The Morgan fingerprint density at radius 3 is 1.27 bits per heavy atom. The van der Waals surface area contributed by atoms with Crippen LogP contribution in [-0.2, 0) is 42.2 Å². The molecule has 0 heterocycles. The summed E-state index contributed by atoms with van der Waals surface area (Å²) in [4.78, 5) is 48.2. The predicted molar refractivity (Wildman–Crippen MR) is 261 cm³/mol. The van der Waals surface area contributed by atoms with Crippen LogP contribution in [0, 0.1) is 0 Å². The zero-order valence-electron chi connectivity index (χ0n) is 40.5. The first-order valence-electron chi connectivity index (χ1n) is 25.2. The first-order valence-corrected chi connectivity index (χ1v) is 26.7. The molecule has 3 atom stereocenters. The molecule has 0 aliphatic heterocycles. The molecule has 12 heteroatoms. The number of carbonyl (C=O) groups excluding carboxylic acids is 3. The number of carbonyl (C=O) groups is 3. The van der Waals surface area contributed by atoms with Crippen LogP contribution in [0.2, 0.25) is 0 Å². The Morgan fingerprint density at radius 2 is 0.812 bits per heavy atom. The van der Waals surface area contributed by atoms with Crippen molar-refractivity contribution in [2.45, 2.75) is 226 Å². The van der Waals surface area contributed by atoms with Crippen LogP contribution in [-0.4, -0.2) is 66.5 Å². The Bertz CT molecular complexity index is 1310. The monoisotopic (exact) mass is 923 g/mol. The third kappa shape index (κ3) is 44.4. The number of allylic oxidation sites excluding steroid dienone is 10. The summed E-state index contributed by atoms with van der Waals surface area (Å²) >= 11 is 0. The number of esters is 3. The summed E-state index contributed by atoms with van der Waals surface area (Å²) in [6, 6.07) is 0. The number of unbranched alkanes of at least 4 members (excludes halogenated alkanes) is 19. The lowest BCUT2D eigenvalue weighted by Gasteiger charge is -2.21. The third-order valence-corrected chi connectivity index (χ3v) is 11.3. The van der Waals surface area contributed by atoms with Crippen LogP contribution < -0.4 is 0 Å². The molecule has 0 amide bonds. The lowest BCUT2D eigenvalue weighted by molar-refractivity contribution is -0.161. The minimum absolute atomic E-state index is 0.152. The Kier molecular flexibility index (Phi) is 44.6. The fourth-order valence-electron chi connectivity index (χ4n) is 6.51. The Balaban J connectivity index is 4.77. The molecule has 0 aromatic rings. The molecule has 3 unspecified atom stereocenters. The van der Waals surface area contributed by atoms with Crippen molar-refractivity contribution in [3.05, 3.63) is 60.8 Å². The highest BCUT2D eigenvalue weighted by Crippen LogP contribution is 2.43. The van der Waals surface area contributed by atoms with Gasteiger partial charge in [-0.1, -0.05) is 165 Å². The lowest BCUT2D eigenvalue weighted by Crippen LogP contribution is -2.30. The maximum atomic E-state index is 12.8. The molecule has 0 aliphatic rings. The van der Waals surface area contributed by atoms with Crippen LogP contribution in [0.15, 0.2) is 60.8 Å². The van der Waals surface area contributed by atoms with Gasteiger partial charge in [-0.2, -0.15) is 0 Å². The molecule has 0 spiro atoms. The second-order valence-electron chi connectivity index (χ2n) is 16.6. The zero-order chi connectivity index (χ0) is 47.0. The quantitative estimate of drug-likeness (QED) is 0.0197. The van der Waals surface area contributed by atoms with Crippen LogP contribution in [0.4, 0.5) is 0 Å². The van der Waals surface area contributed by atoms with Crippen LogP contribution >= 0.6 is 7.82 Å². The Hall–Kier alpha value is -2.82. The molecule has 2 N–H and O–H groups in total. The number of rotatable bonds is 46. The Labute approximate surface area is 389 Å². The van der Waals surface area contributed by atoms with Crippen LogP contribution in [0.25, 0.3) is 0 Å². The molecule has 0 aliphatic carbocycles. The van der Waals surface area contributed by atoms with E-state index in [1.165, 1.54) is 25.7 Å². The fraction of sp³-hybridized carbons (Fsp3) is 0.750.